The number of nitrogens with zero attached hydrogens (tertiary/aromatic N) is 1. The third kappa shape index (κ3) is 4.51. The van der Waals surface area contributed by atoms with Crippen molar-refractivity contribution in [3.63, 3.8) is 0 Å². The number of aryl methyl sites for hydroxylation is 3. The number of hydrogen-bond donors (Lipinski definition) is 1. The Labute approximate surface area is 176 Å². The smallest absolute Gasteiger partial charge is 0.263 e. The molecule has 0 aliphatic carbocycles. The van der Waals surface area contributed by atoms with Gasteiger partial charge in [0.2, 0.25) is 10.0 Å². The maximum absolute atomic E-state index is 12.9. The molecule has 1 heterocycles. The van der Waals surface area contributed by atoms with E-state index in [0.29, 0.717) is 16.5 Å². The zero-order valence-electron chi connectivity index (χ0n) is 17.1. The molecule has 2 aromatic rings. The van der Waals surface area contributed by atoms with Gasteiger partial charge < -0.3 is 10.1 Å². The lowest BCUT2D eigenvalue weighted by atomic mass is 9.96. The van der Waals surface area contributed by atoms with Crippen molar-refractivity contribution in [3.05, 3.63) is 57.6 Å². The van der Waals surface area contributed by atoms with Crippen LogP contribution in [-0.2, 0) is 14.8 Å². The highest BCUT2D eigenvalue weighted by molar-refractivity contribution is 7.92. The van der Waals surface area contributed by atoms with Crippen LogP contribution in [0.4, 0.5) is 5.69 Å². The van der Waals surface area contributed by atoms with Gasteiger partial charge in [-0.1, -0.05) is 23.7 Å². The molecule has 156 valence electrons. The Hall–Kier alpha value is -2.25. The first-order valence-corrected chi connectivity index (χ1v) is 11.5. The van der Waals surface area contributed by atoms with Crippen LogP contribution >= 0.6 is 11.6 Å². The SMILES string of the molecule is Cc1cc(C)c([C@@H](C)NC(=O)[C@H]2CN(S(C)(=O)=O)c3cc(Cl)ccc3O2)cc1C. The van der Waals surface area contributed by atoms with E-state index in [1.807, 2.05) is 20.8 Å². The zero-order valence-corrected chi connectivity index (χ0v) is 18.7. The standard InChI is InChI=1S/C21H25ClN2O4S/c1-12-8-14(3)17(9-13(12)2)15(4)23-21(25)20-11-24(29(5,26)27)18-10-16(22)6-7-19(18)28-20/h6-10,15,20H,11H2,1-5H3,(H,23,25)/t15-,20-/m1/s1. The number of amides is 1. The molecule has 2 atom stereocenters. The molecule has 8 heteroatoms. The summed E-state index contributed by atoms with van der Waals surface area (Å²) in [4.78, 5) is 12.9. The van der Waals surface area contributed by atoms with Crippen molar-refractivity contribution >= 4 is 33.2 Å². The number of fused-ring (bicyclic) bond motifs is 1. The quantitative estimate of drug-likeness (QED) is 0.793. The Morgan fingerprint density at radius 2 is 1.83 bits per heavy atom. The second-order valence-electron chi connectivity index (χ2n) is 7.54. The number of sulfonamides is 1. The minimum absolute atomic E-state index is 0.114. The Kier molecular flexibility index (Phi) is 5.83. The van der Waals surface area contributed by atoms with E-state index in [0.717, 1.165) is 27.3 Å². The van der Waals surface area contributed by atoms with Gasteiger partial charge in [-0.2, -0.15) is 0 Å². The van der Waals surface area contributed by atoms with Gasteiger partial charge in [0.05, 0.1) is 24.5 Å². The van der Waals surface area contributed by atoms with Crippen molar-refractivity contribution in [2.45, 2.75) is 39.8 Å². The molecule has 0 spiro atoms. The topological polar surface area (TPSA) is 75.7 Å². The monoisotopic (exact) mass is 436 g/mol. The number of anilines is 1. The van der Waals surface area contributed by atoms with E-state index in [-0.39, 0.29) is 18.5 Å². The fourth-order valence-corrected chi connectivity index (χ4v) is 4.58. The highest BCUT2D eigenvalue weighted by Crippen LogP contribution is 2.37. The molecule has 0 bridgehead atoms. The van der Waals surface area contributed by atoms with Crippen molar-refractivity contribution in [1.82, 2.24) is 5.32 Å². The van der Waals surface area contributed by atoms with Crippen LogP contribution in [0.5, 0.6) is 5.75 Å². The van der Waals surface area contributed by atoms with Gasteiger partial charge in [0, 0.05) is 5.02 Å². The lowest BCUT2D eigenvalue weighted by molar-refractivity contribution is -0.128. The maximum Gasteiger partial charge on any atom is 0.263 e. The van der Waals surface area contributed by atoms with Gasteiger partial charge in [-0.3, -0.25) is 9.10 Å². The molecule has 0 radical (unpaired) electrons. The predicted octanol–water partition coefficient (Wildman–Crippen LogP) is 3.67. The number of halogens is 1. The molecule has 2 aromatic carbocycles. The lowest BCUT2D eigenvalue weighted by Gasteiger charge is -2.34. The summed E-state index contributed by atoms with van der Waals surface area (Å²) < 4.78 is 31.5. The summed E-state index contributed by atoms with van der Waals surface area (Å²) in [6, 6.07) is 8.61. The summed E-state index contributed by atoms with van der Waals surface area (Å²) in [5, 5.41) is 3.35. The van der Waals surface area contributed by atoms with Crippen LogP contribution in [-0.4, -0.2) is 33.2 Å². The second kappa shape index (κ2) is 7.88. The molecule has 29 heavy (non-hydrogen) atoms. The fraction of sp³-hybridized carbons (Fsp3) is 0.381. The van der Waals surface area contributed by atoms with E-state index in [9.17, 15) is 13.2 Å². The van der Waals surface area contributed by atoms with Crippen LogP contribution in [0.15, 0.2) is 30.3 Å². The minimum Gasteiger partial charge on any atom is -0.476 e. The number of nitrogens with one attached hydrogen (secondary N) is 1. The molecule has 1 amide bonds. The molecule has 0 saturated heterocycles. The Balaban J connectivity index is 1.85. The van der Waals surface area contributed by atoms with Crippen LogP contribution in [0.3, 0.4) is 0 Å². The Bertz CT molecular complexity index is 1070. The van der Waals surface area contributed by atoms with Gasteiger partial charge in [-0.15, -0.1) is 0 Å². The van der Waals surface area contributed by atoms with Crippen LogP contribution in [0.2, 0.25) is 5.02 Å². The molecule has 1 aliphatic heterocycles. The van der Waals surface area contributed by atoms with E-state index >= 15 is 0 Å². The summed E-state index contributed by atoms with van der Waals surface area (Å²) >= 11 is 6.01. The van der Waals surface area contributed by atoms with Gasteiger partial charge in [-0.05, 0) is 68.1 Å². The summed E-state index contributed by atoms with van der Waals surface area (Å²) in [5.74, 6) is -0.0642. The molecule has 0 saturated carbocycles. The van der Waals surface area contributed by atoms with Crippen LogP contribution < -0.4 is 14.4 Å². The number of benzene rings is 2. The van der Waals surface area contributed by atoms with Crippen LogP contribution in [0.25, 0.3) is 0 Å². The van der Waals surface area contributed by atoms with E-state index in [4.69, 9.17) is 16.3 Å². The predicted molar refractivity (Wildman–Crippen MR) is 115 cm³/mol. The molecular formula is C21H25ClN2O4S. The van der Waals surface area contributed by atoms with Gasteiger partial charge >= 0.3 is 0 Å². The summed E-state index contributed by atoms with van der Waals surface area (Å²) in [6.45, 7) is 7.88. The highest BCUT2D eigenvalue weighted by atomic mass is 35.5. The average Bonchev–Trinajstić information content (AvgIpc) is 2.62. The third-order valence-electron chi connectivity index (χ3n) is 5.19. The third-order valence-corrected chi connectivity index (χ3v) is 6.57. The first-order valence-electron chi connectivity index (χ1n) is 9.29. The molecule has 1 aliphatic rings. The molecular weight excluding hydrogens is 412 g/mol. The molecule has 0 aromatic heterocycles. The number of rotatable bonds is 4. The second-order valence-corrected chi connectivity index (χ2v) is 9.88. The molecule has 0 fully saturated rings. The van der Waals surface area contributed by atoms with E-state index in [1.165, 1.54) is 11.6 Å². The Morgan fingerprint density at radius 1 is 1.17 bits per heavy atom. The van der Waals surface area contributed by atoms with E-state index in [2.05, 4.69) is 24.4 Å². The normalized spacial score (nSPS) is 17.3. The molecule has 3 rings (SSSR count). The molecule has 6 nitrogen and oxygen atoms in total. The van der Waals surface area contributed by atoms with Gasteiger partial charge in [0.15, 0.2) is 6.10 Å². The van der Waals surface area contributed by atoms with Gasteiger partial charge in [-0.25, -0.2) is 8.42 Å². The number of carbonyl (C=O) groups is 1. The Morgan fingerprint density at radius 3 is 2.48 bits per heavy atom. The van der Waals surface area contributed by atoms with Crippen LogP contribution in [0, 0.1) is 20.8 Å². The van der Waals surface area contributed by atoms with Crippen molar-refractivity contribution in [2.24, 2.45) is 0 Å². The summed E-state index contributed by atoms with van der Waals surface area (Å²) in [5.41, 5.74) is 4.78. The van der Waals surface area contributed by atoms with Crippen molar-refractivity contribution in [1.29, 1.82) is 0 Å². The first kappa shape index (κ1) is 21.5. The number of ether oxygens (including phenoxy) is 1. The van der Waals surface area contributed by atoms with Crippen molar-refractivity contribution in [3.8, 4) is 5.75 Å². The van der Waals surface area contributed by atoms with Gasteiger partial charge in [0.1, 0.15) is 5.75 Å². The number of carbonyl (C=O) groups excluding carboxylic acids is 1. The largest absolute Gasteiger partial charge is 0.476 e. The van der Waals surface area contributed by atoms with Gasteiger partial charge in [0.25, 0.3) is 5.91 Å². The lowest BCUT2D eigenvalue weighted by Crippen LogP contribution is -2.50. The maximum atomic E-state index is 12.9. The van der Waals surface area contributed by atoms with Crippen molar-refractivity contribution < 1.29 is 17.9 Å². The minimum atomic E-state index is -3.61. The van der Waals surface area contributed by atoms with Crippen molar-refractivity contribution in [2.75, 3.05) is 17.1 Å². The number of hydrogen-bond acceptors (Lipinski definition) is 4. The fourth-order valence-electron chi connectivity index (χ4n) is 3.51. The zero-order chi connectivity index (χ0) is 21.5. The first-order chi connectivity index (χ1) is 13.5. The van der Waals surface area contributed by atoms with E-state index in [1.54, 1.807) is 12.1 Å². The van der Waals surface area contributed by atoms with Crippen LogP contribution in [0.1, 0.15) is 35.2 Å². The highest BCUT2D eigenvalue weighted by Gasteiger charge is 2.35. The molecule has 0 unspecified atom stereocenters. The summed E-state index contributed by atoms with van der Waals surface area (Å²) in [6.07, 6.45) is 0.131. The summed E-state index contributed by atoms with van der Waals surface area (Å²) in [7, 11) is -3.61. The average molecular weight is 437 g/mol. The molecule has 1 N–H and O–H groups in total. The van der Waals surface area contributed by atoms with E-state index < -0.39 is 16.1 Å².